The molecule has 1 N–H and O–H groups in total. The molecule has 158 valence electrons. The van der Waals surface area contributed by atoms with Gasteiger partial charge in [0.1, 0.15) is 6.04 Å². The van der Waals surface area contributed by atoms with E-state index in [0.717, 1.165) is 4.90 Å². The first-order valence-corrected chi connectivity index (χ1v) is 9.85. The van der Waals surface area contributed by atoms with Crippen LogP contribution in [0.2, 0.25) is 0 Å². The van der Waals surface area contributed by atoms with Crippen LogP contribution in [0.1, 0.15) is 44.0 Å². The molecule has 0 unspecified atom stereocenters. The fourth-order valence-electron chi connectivity index (χ4n) is 3.80. The number of rotatable bonds is 6. The molecule has 1 heterocycles. The molecule has 30 heavy (non-hydrogen) atoms. The summed E-state index contributed by atoms with van der Waals surface area (Å²) < 4.78 is 5.27. The fourth-order valence-corrected chi connectivity index (χ4v) is 3.80. The van der Waals surface area contributed by atoms with Crippen LogP contribution < -0.4 is 5.32 Å². The Morgan fingerprint density at radius 1 is 1.00 bits per heavy atom. The first-order valence-electron chi connectivity index (χ1n) is 9.85. The zero-order valence-corrected chi connectivity index (χ0v) is 17.1. The molecule has 3 amide bonds. The molecule has 1 aromatic rings. The lowest BCUT2D eigenvalue weighted by Gasteiger charge is -2.23. The Morgan fingerprint density at radius 3 is 2.03 bits per heavy atom. The van der Waals surface area contributed by atoms with Gasteiger partial charge in [-0.2, -0.15) is 0 Å². The van der Waals surface area contributed by atoms with Gasteiger partial charge >= 0.3 is 5.97 Å². The van der Waals surface area contributed by atoms with E-state index in [2.05, 4.69) is 5.32 Å². The largest absolute Gasteiger partial charge is 0.453 e. The van der Waals surface area contributed by atoms with Gasteiger partial charge in [-0.1, -0.05) is 12.2 Å². The van der Waals surface area contributed by atoms with Gasteiger partial charge in [-0.25, -0.2) is 4.79 Å². The summed E-state index contributed by atoms with van der Waals surface area (Å²) in [6.07, 6.45) is 3.62. The number of fused-ring (bicyclic) bond motifs is 1. The smallest absolute Gasteiger partial charge is 0.329 e. The number of ether oxygens (including phenoxy) is 1. The third-order valence-corrected chi connectivity index (χ3v) is 5.42. The van der Waals surface area contributed by atoms with Crippen LogP contribution in [0.15, 0.2) is 36.4 Å². The van der Waals surface area contributed by atoms with Gasteiger partial charge in [-0.15, -0.1) is 0 Å². The molecule has 1 aliphatic heterocycles. The maximum Gasteiger partial charge on any atom is 0.329 e. The predicted molar refractivity (Wildman–Crippen MR) is 107 cm³/mol. The quantitative estimate of drug-likeness (QED) is 0.332. The SMILES string of the molecule is CC(=O)Nc1ccc(C(=O)[C@H](C)OC(=O)[C@H](C)N2C(=O)[C@H]3CC=CC[C@H]3C2=O)cc1. The highest BCUT2D eigenvalue weighted by atomic mass is 16.5. The minimum Gasteiger partial charge on any atom is -0.453 e. The van der Waals surface area contributed by atoms with Crippen molar-refractivity contribution in [3.05, 3.63) is 42.0 Å². The third-order valence-electron chi connectivity index (χ3n) is 5.42. The first-order chi connectivity index (χ1) is 14.2. The molecule has 0 bridgehead atoms. The summed E-state index contributed by atoms with van der Waals surface area (Å²) in [5, 5.41) is 2.60. The Kier molecular flexibility index (Phi) is 6.14. The maximum absolute atomic E-state index is 12.6. The second kappa shape index (κ2) is 8.61. The first kappa shape index (κ1) is 21.4. The Morgan fingerprint density at radius 2 is 1.53 bits per heavy atom. The summed E-state index contributed by atoms with van der Waals surface area (Å²) in [6, 6.07) is 5.08. The highest BCUT2D eigenvalue weighted by Gasteiger charge is 2.50. The van der Waals surface area contributed by atoms with Gasteiger partial charge in [0.2, 0.25) is 23.5 Å². The van der Waals surface area contributed by atoms with E-state index in [0.29, 0.717) is 24.1 Å². The average molecular weight is 412 g/mol. The van der Waals surface area contributed by atoms with E-state index in [1.807, 2.05) is 12.2 Å². The lowest BCUT2D eigenvalue weighted by atomic mass is 9.85. The summed E-state index contributed by atoms with van der Waals surface area (Å²) in [5.74, 6) is -3.07. The summed E-state index contributed by atoms with van der Waals surface area (Å²) in [7, 11) is 0. The van der Waals surface area contributed by atoms with Crippen LogP contribution in [0.3, 0.4) is 0 Å². The van der Waals surface area contributed by atoms with Crippen LogP contribution in [0.25, 0.3) is 0 Å². The van der Waals surface area contributed by atoms with Crippen LogP contribution in [0.4, 0.5) is 5.69 Å². The molecule has 2 aliphatic rings. The van der Waals surface area contributed by atoms with Crippen LogP contribution in [0, 0.1) is 11.8 Å². The molecule has 0 radical (unpaired) electrons. The number of carbonyl (C=O) groups excluding carboxylic acids is 5. The molecule has 1 aromatic carbocycles. The van der Waals surface area contributed by atoms with Crippen molar-refractivity contribution in [1.29, 1.82) is 0 Å². The molecule has 8 heteroatoms. The molecule has 8 nitrogen and oxygen atoms in total. The number of hydrogen-bond donors (Lipinski definition) is 1. The number of carbonyl (C=O) groups is 5. The number of Topliss-reactive ketones (excluding diaryl/α,β-unsaturated/α-hetero) is 1. The molecule has 3 rings (SSSR count). The van der Waals surface area contributed by atoms with E-state index in [1.165, 1.54) is 32.9 Å². The molecule has 0 aromatic heterocycles. The van der Waals surface area contributed by atoms with Crippen molar-refractivity contribution in [3.63, 3.8) is 0 Å². The van der Waals surface area contributed by atoms with Crippen LogP contribution in [0.5, 0.6) is 0 Å². The van der Waals surface area contributed by atoms with Gasteiger partial charge in [-0.05, 0) is 51.0 Å². The maximum atomic E-state index is 12.6. The minimum absolute atomic E-state index is 0.230. The van der Waals surface area contributed by atoms with Crippen molar-refractivity contribution < 1.29 is 28.7 Å². The van der Waals surface area contributed by atoms with Crippen LogP contribution >= 0.6 is 0 Å². The van der Waals surface area contributed by atoms with Gasteiger partial charge in [0.15, 0.2) is 6.10 Å². The lowest BCUT2D eigenvalue weighted by molar-refractivity contribution is -0.159. The summed E-state index contributed by atoms with van der Waals surface area (Å²) in [6.45, 7) is 4.25. The van der Waals surface area contributed by atoms with Crippen molar-refractivity contribution in [2.45, 2.75) is 45.8 Å². The minimum atomic E-state index is -1.10. The van der Waals surface area contributed by atoms with E-state index >= 15 is 0 Å². The van der Waals surface area contributed by atoms with Crippen molar-refractivity contribution in [2.24, 2.45) is 11.8 Å². The Balaban J connectivity index is 1.63. The number of esters is 1. The number of ketones is 1. The topological polar surface area (TPSA) is 110 Å². The van der Waals surface area contributed by atoms with Crippen molar-refractivity contribution in [3.8, 4) is 0 Å². The number of imide groups is 1. The fraction of sp³-hybridized carbons (Fsp3) is 0.409. The summed E-state index contributed by atoms with van der Waals surface area (Å²) >= 11 is 0. The van der Waals surface area contributed by atoms with Crippen LogP contribution in [-0.2, 0) is 23.9 Å². The molecule has 1 saturated heterocycles. The monoisotopic (exact) mass is 412 g/mol. The Labute approximate surface area is 174 Å². The molecule has 0 saturated carbocycles. The van der Waals surface area contributed by atoms with Crippen molar-refractivity contribution >= 4 is 35.2 Å². The van der Waals surface area contributed by atoms with Crippen molar-refractivity contribution in [2.75, 3.05) is 5.32 Å². The summed E-state index contributed by atoms with van der Waals surface area (Å²) in [5.41, 5.74) is 0.849. The summed E-state index contributed by atoms with van der Waals surface area (Å²) in [4.78, 5) is 62.4. The molecule has 0 spiro atoms. The highest BCUT2D eigenvalue weighted by molar-refractivity contribution is 6.08. The Bertz CT molecular complexity index is 894. The third kappa shape index (κ3) is 4.17. The molecule has 1 fully saturated rings. The number of likely N-dealkylation sites (tertiary alicyclic amines) is 1. The number of nitrogens with one attached hydrogen (secondary N) is 1. The molecule has 1 aliphatic carbocycles. The number of hydrogen-bond acceptors (Lipinski definition) is 6. The molecular weight excluding hydrogens is 388 g/mol. The molecular formula is C22H24N2O6. The zero-order valence-electron chi connectivity index (χ0n) is 17.1. The van der Waals surface area contributed by atoms with Gasteiger partial charge in [-0.3, -0.25) is 24.1 Å². The van der Waals surface area contributed by atoms with E-state index in [4.69, 9.17) is 4.74 Å². The molecule has 4 atom stereocenters. The van der Waals surface area contributed by atoms with E-state index in [9.17, 15) is 24.0 Å². The number of amides is 3. The van der Waals surface area contributed by atoms with E-state index in [1.54, 1.807) is 12.1 Å². The predicted octanol–water partition coefficient (Wildman–Crippen LogP) is 2.10. The Hall–Kier alpha value is -3.29. The zero-order chi connectivity index (χ0) is 22.0. The van der Waals surface area contributed by atoms with E-state index < -0.39 is 35.7 Å². The highest BCUT2D eigenvalue weighted by Crippen LogP contribution is 2.36. The average Bonchev–Trinajstić information content (AvgIpc) is 2.97. The number of nitrogens with zero attached hydrogens (tertiary/aromatic N) is 1. The number of benzene rings is 1. The normalized spacial score (nSPS) is 22.3. The number of anilines is 1. The van der Waals surface area contributed by atoms with Crippen molar-refractivity contribution in [1.82, 2.24) is 4.90 Å². The number of allylic oxidation sites excluding steroid dienone is 2. The van der Waals surface area contributed by atoms with Gasteiger partial charge in [0, 0.05) is 18.2 Å². The second-order valence-electron chi connectivity index (χ2n) is 7.58. The van der Waals surface area contributed by atoms with Gasteiger partial charge in [0.25, 0.3) is 0 Å². The van der Waals surface area contributed by atoms with Gasteiger partial charge in [0.05, 0.1) is 11.8 Å². The van der Waals surface area contributed by atoms with Crippen LogP contribution in [-0.4, -0.2) is 46.5 Å². The lowest BCUT2D eigenvalue weighted by Crippen LogP contribution is -2.45. The standard InChI is InChI=1S/C22H24N2O6/c1-12(24-20(27)17-6-4-5-7-18(17)21(24)28)22(29)30-13(2)19(26)15-8-10-16(11-9-15)23-14(3)25/h4-5,8-13,17-18H,6-7H2,1-3H3,(H,23,25)/t12-,13-,17-,18+/m0/s1. The second-order valence-corrected chi connectivity index (χ2v) is 7.58. The van der Waals surface area contributed by atoms with E-state index in [-0.39, 0.29) is 17.7 Å². The van der Waals surface area contributed by atoms with Gasteiger partial charge < -0.3 is 10.1 Å².